The molecule has 1 N–H and O–H groups in total. The molecule has 0 amide bonds. The van der Waals surface area contributed by atoms with E-state index < -0.39 is 15.6 Å². The molecule has 0 unspecified atom stereocenters. The first-order chi connectivity index (χ1) is 12.3. The predicted molar refractivity (Wildman–Crippen MR) is 99.9 cm³/mol. The Kier molecular flexibility index (Phi) is 4.93. The maximum absolute atomic E-state index is 12.6. The minimum Gasteiger partial charge on any atom is -0.334 e. The maximum Gasteiger partial charge on any atom is 0.258 e. The molecule has 0 atom stereocenters. The first kappa shape index (κ1) is 18.3. The molecule has 7 heteroatoms. The number of aromatic nitrogens is 2. The minimum atomic E-state index is -3.65. The van der Waals surface area contributed by atoms with Crippen LogP contribution in [0.4, 0.5) is 0 Å². The Morgan fingerprint density at radius 3 is 2.42 bits per heavy atom. The third-order valence-electron chi connectivity index (χ3n) is 4.14. The molecule has 0 saturated heterocycles. The summed E-state index contributed by atoms with van der Waals surface area (Å²) in [6.45, 7) is 5.62. The topological polar surface area (TPSA) is 85.1 Å². The van der Waals surface area contributed by atoms with Crippen molar-refractivity contribution in [3.05, 3.63) is 54.6 Å². The molecule has 3 aromatic rings. The Bertz CT molecular complexity index is 996. The number of hydrogen-bond donors (Lipinski definition) is 1. The van der Waals surface area contributed by atoms with Crippen molar-refractivity contribution in [3.8, 4) is 22.8 Å². The van der Waals surface area contributed by atoms with Crippen molar-refractivity contribution in [2.45, 2.75) is 37.6 Å². The summed E-state index contributed by atoms with van der Waals surface area (Å²) in [5.74, 6) is 0.731. The zero-order valence-electron chi connectivity index (χ0n) is 14.9. The number of nitrogens with zero attached hydrogens (tertiary/aromatic N) is 2. The normalized spacial score (nSPS) is 12.3. The molecular weight excluding hydrogens is 350 g/mol. The molecule has 6 nitrogen and oxygen atoms in total. The standard InChI is InChI=1S/C19H21N3O3S/c1-4-19(2,3)22-26(23,24)16-12-8-11-15(13-16)18-20-17(21-25-18)14-9-6-5-7-10-14/h5-13,22H,4H2,1-3H3. The van der Waals surface area contributed by atoms with Crippen LogP contribution in [0.3, 0.4) is 0 Å². The fraction of sp³-hybridized carbons (Fsp3) is 0.263. The molecule has 0 aliphatic rings. The highest BCUT2D eigenvalue weighted by molar-refractivity contribution is 7.89. The predicted octanol–water partition coefficient (Wildman–Crippen LogP) is 3.87. The van der Waals surface area contributed by atoms with E-state index in [1.54, 1.807) is 18.2 Å². The smallest absolute Gasteiger partial charge is 0.258 e. The van der Waals surface area contributed by atoms with Gasteiger partial charge in [0, 0.05) is 16.7 Å². The van der Waals surface area contributed by atoms with Crippen LogP contribution >= 0.6 is 0 Å². The van der Waals surface area contributed by atoms with E-state index in [1.165, 1.54) is 6.07 Å². The van der Waals surface area contributed by atoms with Crippen molar-refractivity contribution in [2.24, 2.45) is 0 Å². The monoisotopic (exact) mass is 371 g/mol. The molecule has 26 heavy (non-hydrogen) atoms. The SMILES string of the molecule is CCC(C)(C)NS(=O)(=O)c1cccc(-c2nc(-c3ccccc3)no2)c1. The molecule has 2 aromatic carbocycles. The van der Waals surface area contributed by atoms with Crippen LogP contribution in [0.2, 0.25) is 0 Å². The number of benzene rings is 2. The van der Waals surface area contributed by atoms with Gasteiger partial charge in [0.1, 0.15) is 0 Å². The van der Waals surface area contributed by atoms with Crippen LogP contribution in [-0.4, -0.2) is 24.1 Å². The van der Waals surface area contributed by atoms with Crippen molar-refractivity contribution in [2.75, 3.05) is 0 Å². The molecule has 3 rings (SSSR count). The Morgan fingerprint density at radius 2 is 1.73 bits per heavy atom. The van der Waals surface area contributed by atoms with Gasteiger partial charge in [-0.2, -0.15) is 4.98 Å². The molecule has 0 aliphatic heterocycles. The Hall–Kier alpha value is -2.51. The molecule has 0 aliphatic carbocycles. The van der Waals surface area contributed by atoms with Crippen LogP contribution in [0.5, 0.6) is 0 Å². The van der Waals surface area contributed by atoms with Crippen molar-refractivity contribution < 1.29 is 12.9 Å². The second kappa shape index (κ2) is 7.01. The second-order valence-electron chi connectivity index (χ2n) is 6.66. The number of rotatable bonds is 6. The van der Waals surface area contributed by atoms with Crippen molar-refractivity contribution in [1.29, 1.82) is 0 Å². The van der Waals surface area contributed by atoms with Gasteiger partial charge in [0.15, 0.2) is 0 Å². The summed E-state index contributed by atoms with van der Waals surface area (Å²) in [5.41, 5.74) is 0.856. The molecule has 0 bridgehead atoms. The zero-order valence-corrected chi connectivity index (χ0v) is 15.7. The quantitative estimate of drug-likeness (QED) is 0.711. The Labute approximate surface area is 153 Å². The number of hydrogen-bond acceptors (Lipinski definition) is 5. The molecule has 0 spiro atoms. The lowest BCUT2D eigenvalue weighted by Crippen LogP contribution is -2.42. The van der Waals surface area contributed by atoms with Gasteiger partial charge in [-0.3, -0.25) is 0 Å². The summed E-state index contributed by atoms with van der Waals surface area (Å²) >= 11 is 0. The van der Waals surface area contributed by atoms with Gasteiger partial charge in [-0.25, -0.2) is 13.1 Å². The van der Waals surface area contributed by atoms with Crippen LogP contribution in [0.15, 0.2) is 64.0 Å². The van der Waals surface area contributed by atoms with Crippen LogP contribution < -0.4 is 4.72 Å². The van der Waals surface area contributed by atoms with E-state index in [4.69, 9.17) is 4.52 Å². The van der Waals surface area contributed by atoms with Crippen LogP contribution in [0.1, 0.15) is 27.2 Å². The fourth-order valence-electron chi connectivity index (χ4n) is 2.34. The molecule has 0 radical (unpaired) electrons. The summed E-state index contributed by atoms with van der Waals surface area (Å²) in [4.78, 5) is 4.53. The van der Waals surface area contributed by atoms with E-state index in [2.05, 4.69) is 14.9 Å². The van der Waals surface area contributed by atoms with Gasteiger partial charge < -0.3 is 4.52 Å². The zero-order chi connectivity index (χ0) is 18.8. The first-order valence-corrected chi connectivity index (χ1v) is 9.82. The van der Waals surface area contributed by atoms with E-state index in [-0.39, 0.29) is 10.8 Å². The van der Waals surface area contributed by atoms with Crippen LogP contribution in [-0.2, 0) is 10.0 Å². The average molecular weight is 371 g/mol. The summed E-state index contributed by atoms with van der Waals surface area (Å²) in [6.07, 6.45) is 0.677. The molecule has 136 valence electrons. The summed E-state index contributed by atoms with van der Waals surface area (Å²) in [5, 5.41) is 3.98. The number of nitrogens with one attached hydrogen (secondary N) is 1. The molecule has 1 aromatic heterocycles. The van der Waals surface area contributed by atoms with Crippen molar-refractivity contribution >= 4 is 10.0 Å². The van der Waals surface area contributed by atoms with Crippen molar-refractivity contribution in [3.63, 3.8) is 0 Å². The largest absolute Gasteiger partial charge is 0.334 e. The molecule has 0 saturated carbocycles. The first-order valence-electron chi connectivity index (χ1n) is 8.34. The fourth-order valence-corrected chi connectivity index (χ4v) is 3.87. The lowest BCUT2D eigenvalue weighted by molar-refractivity contribution is 0.432. The summed E-state index contributed by atoms with van der Waals surface area (Å²) < 4.78 is 33.3. The summed E-state index contributed by atoms with van der Waals surface area (Å²) in [7, 11) is -3.65. The molecule has 0 fully saturated rings. The Balaban J connectivity index is 1.92. The second-order valence-corrected chi connectivity index (χ2v) is 8.34. The van der Waals surface area contributed by atoms with Gasteiger partial charge in [-0.1, -0.05) is 48.5 Å². The van der Waals surface area contributed by atoms with Gasteiger partial charge in [0.05, 0.1) is 4.90 Å². The highest BCUT2D eigenvalue weighted by atomic mass is 32.2. The van der Waals surface area contributed by atoms with Gasteiger partial charge in [0.2, 0.25) is 15.8 Å². The van der Waals surface area contributed by atoms with Crippen LogP contribution in [0, 0.1) is 0 Å². The van der Waals surface area contributed by atoms with E-state index >= 15 is 0 Å². The maximum atomic E-state index is 12.6. The van der Waals surface area contributed by atoms with Crippen molar-refractivity contribution in [1.82, 2.24) is 14.9 Å². The third kappa shape index (κ3) is 4.00. The van der Waals surface area contributed by atoms with E-state index in [9.17, 15) is 8.42 Å². The summed E-state index contributed by atoms with van der Waals surface area (Å²) in [6, 6.07) is 15.9. The lowest BCUT2D eigenvalue weighted by Gasteiger charge is -2.24. The minimum absolute atomic E-state index is 0.163. The van der Waals surface area contributed by atoms with Gasteiger partial charge in [-0.05, 0) is 38.5 Å². The lowest BCUT2D eigenvalue weighted by atomic mass is 10.0. The highest BCUT2D eigenvalue weighted by Gasteiger charge is 2.25. The average Bonchev–Trinajstić information content (AvgIpc) is 3.12. The van der Waals surface area contributed by atoms with Gasteiger partial charge in [0.25, 0.3) is 5.89 Å². The third-order valence-corrected chi connectivity index (χ3v) is 5.84. The highest BCUT2D eigenvalue weighted by Crippen LogP contribution is 2.25. The van der Waals surface area contributed by atoms with Gasteiger partial charge in [-0.15, -0.1) is 0 Å². The molecular formula is C19H21N3O3S. The Morgan fingerprint density at radius 1 is 1.04 bits per heavy atom. The molecule has 1 heterocycles. The van der Waals surface area contributed by atoms with E-state index in [1.807, 2.05) is 51.1 Å². The van der Waals surface area contributed by atoms with Crippen LogP contribution in [0.25, 0.3) is 22.8 Å². The van der Waals surface area contributed by atoms with E-state index in [0.29, 0.717) is 17.8 Å². The van der Waals surface area contributed by atoms with E-state index in [0.717, 1.165) is 5.56 Å². The number of sulfonamides is 1. The van der Waals surface area contributed by atoms with Gasteiger partial charge >= 0.3 is 0 Å².